The Hall–Kier alpha value is -1.56. The summed E-state index contributed by atoms with van der Waals surface area (Å²) >= 11 is 1.82. The van der Waals surface area contributed by atoms with Crippen molar-refractivity contribution in [2.24, 2.45) is 18.0 Å². The van der Waals surface area contributed by atoms with Gasteiger partial charge in [0.1, 0.15) is 12.4 Å². The van der Waals surface area contributed by atoms with Crippen LogP contribution in [-0.2, 0) is 13.6 Å². The van der Waals surface area contributed by atoms with Crippen molar-refractivity contribution < 1.29 is 9.13 Å². The predicted molar refractivity (Wildman–Crippen MR) is 139 cm³/mol. The number of hydrogen-bond donors (Lipinski definition) is 2. The molecule has 2 N–H and O–H groups in total. The highest BCUT2D eigenvalue weighted by Crippen LogP contribution is 2.30. The minimum Gasteiger partial charge on any atom is -0.490 e. The molecule has 0 radical (unpaired) electrons. The summed E-state index contributed by atoms with van der Waals surface area (Å²) in [5.74, 6) is 3.97. The van der Waals surface area contributed by atoms with Gasteiger partial charge in [0, 0.05) is 13.6 Å². The minimum atomic E-state index is -0.326. The van der Waals surface area contributed by atoms with Gasteiger partial charge in [-0.15, -0.1) is 34.2 Å². The van der Waals surface area contributed by atoms with Crippen LogP contribution < -0.4 is 15.4 Å². The van der Waals surface area contributed by atoms with Gasteiger partial charge in [0.15, 0.2) is 23.4 Å². The normalized spacial score (nSPS) is 14.6. The van der Waals surface area contributed by atoms with Gasteiger partial charge in [0.25, 0.3) is 0 Å². The average molecular weight is 577 g/mol. The lowest BCUT2D eigenvalue weighted by Gasteiger charge is -2.19. The molecule has 1 fully saturated rings. The van der Waals surface area contributed by atoms with E-state index in [9.17, 15) is 4.39 Å². The van der Waals surface area contributed by atoms with E-state index in [0.717, 1.165) is 35.9 Å². The molecule has 7 nitrogen and oxygen atoms in total. The SMILES string of the molecule is CSCCCNC(=NCc1nnc(C)n1C)NC(C)c1ccc(OCC2CC2)c(F)c1.I. The van der Waals surface area contributed by atoms with Crippen LogP contribution in [0, 0.1) is 18.7 Å². The first-order chi connectivity index (χ1) is 15.0. The molecule has 0 amide bonds. The van der Waals surface area contributed by atoms with Gasteiger partial charge in [-0.1, -0.05) is 6.07 Å². The molecule has 0 bridgehead atoms. The monoisotopic (exact) mass is 576 g/mol. The summed E-state index contributed by atoms with van der Waals surface area (Å²) in [6.07, 6.45) is 5.49. The van der Waals surface area contributed by atoms with E-state index in [-0.39, 0.29) is 35.8 Å². The van der Waals surface area contributed by atoms with Crippen LogP contribution in [0.5, 0.6) is 5.75 Å². The fourth-order valence-corrected chi connectivity index (χ4v) is 3.43. The van der Waals surface area contributed by atoms with E-state index in [1.165, 1.54) is 18.9 Å². The van der Waals surface area contributed by atoms with E-state index >= 15 is 0 Å². The standard InChI is InChI=1S/C22H33FN6OS.HI/c1-15(18-8-9-20(19(23)12-18)30-14-17-6-7-17)26-22(24-10-5-11-31-4)25-13-21-28-27-16(2)29(21)3;/h8-9,12,15,17H,5-7,10-11,13-14H2,1-4H3,(H2,24,25,26);1H. The molecule has 1 atom stereocenters. The maximum absolute atomic E-state index is 14.5. The number of aliphatic imine (C=N–C) groups is 1. The second-order valence-electron chi connectivity index (χ2n) is 7.97. The van der Waals surface area contributed by atoms with Crippen molar-refractivity contribution in [3.8, 4) is 5.75 Å². The van der Waals surface area contributed by atoms with Crippen LogP contribution in [0.15, 0.2) is 23.2 Å². The zero-order valence-corrected chi connectivity index (χ0v) is 22.4. The number of rotatable bonds is 11. The maximum atomic E-state index is 14.5. The zero-order valence-electron chi connectivity index (χ0n) is 19.2. The number of guanidine groups is 1. The fraction of sp³-hybridized carbons (Fsp3) is 0.591. The topological polar surface area (TPSA) is 76.4 Å². The van der Waals surface area contributed by atoms with Gasteiger partial charge in [0.05, 0.1) is 12.6 Å². The third kappa shape index (κ3) is 8.09. The number of ether oxygens (including phenoxy) is 1. The zero-order chi connectivity index (χ0) is 22.2. The van der Waals surface area contributed by atoms with Gasteiger partial charge in [0.2, 0.25) is 0 Å². The van der Waals surface area contributed by atoms with Crippen molar-refractivity contribution in [3.05, 3.63) is 41.2 Å². The van der Waals surface area contributed by atoms with E-state index < -0.39 is 0 Å². The lowest BCUT2D eigenvalue weighted by atomic mass is 10.1. The van der Waals surface area contributed by atoms with Crippen LogP contribution in [0.3, 0.4) is 0 Å². The number of benzene rings is 1. The maximum Gasteiger partial charge on any atom is 0.192 e. The molecule has 1 heterocycles. The van der Waals surface area contributed by atoms with Crippen LogP contribution >= 0.6 is 35.7 Å². The van der Waals surface area contributed by atoms with Crippen LogP contribution in [0.4, 0.5) is 4.39 Å². The Morgan fingerprint density at radius 3 is 2.78 bits per heavy atom. The Kier molecular flexibility index (Phi) is 11.0. The summed E-state index contributed by atoms with van der Waals surface area (Å²) in [4.78, 5) is 4.67. The second-order valence-corrected chi connectivity index (χ2v) is 8.96. The molecular weight excluding hydrogens is 542 g/mol. The van der Waals surface area contributed by atoms with E-state index in [1.807, 2.05) is 43.3 Å². The number of halogens is 2. The molecule has 3 rings (SSSR count). The molecule has 10 heteroatoms. The average Bonchev–Trinajstić information content (AvgIpc) is 3.53. The molecule has 1 aliphatic carbocycles. The molecule has 178 valence electrons. The van der Waals surface area contributed by atoms with E-state index in [1.54, 1.807) is 6.07 Å². The van der Waals surface area contributed by atoms with Crippen LogP contribution in [0.1, 0.15) is 49.4 Å². The summed E-state index contributed by atoms with van der Waals surface area (Å²) in [7, 11) is 1.93. The highest BCUT2D eigenvalue weighted by molar-refractivity contribution is 14.0. The molecule has 2 aromatic rings. The Labute approximate surface area is 211 Å². The highest BCUT2D eigenvalue weighted by Gasteiger charge is 2.22. The van der Waals surface area contributed by atoms with E-state index in [4.69, 9.17) is 4.74 Å². The quantitative estimate of drug-likeness (QED) is 0.181. The van der Waals surface area contributed by atoms with Gasteiger partial charge < -0.3 is 19.9 Å². The number of nitrogens with one attached hydrogen (secondary N) is 2. The predicted octanol–water partition coefficient (Wildman–Crippen LogP) is 4.22. The third-order valence-corrected chi connectivity index (χ3v) is 6.06. The summed E-state index contributed by atoms with van der Waals surface area (Å²) < 4.78 is 22.0. The first-order valence-electron chi connectivity index (χ1n) is 10.8. The number of hydrogen-bond acceptors (Lipinski definition) is 5. The van der Waals surface area contributed by atoms with E-state index in [0.29, 0.717) is 30.8 Å². The van der Waals surface area contributed by atoms with Crippen molar-refractivity contribution in [2.45, 2.75) is 45.7 Å². The van der Waals surface area contributed by atoms with Gasteiger partial charge in [-0.3, -0.25) is 0 Å². The van der Waals surface area contributed by atoms with Crippen molar-refractivity contribution in [1.29, 1.82) is 0 Å². The molecule has 1 unspecified atom stereocenters. The summed E-state index contributed by atoms with van der Waals surface area (Å²) in [6.45, 7) is 5.71. The Balaban J connectivity index is 0.00000363. The largest absolute Gasteiger partial charge is 0.490 e. The van der Waals surface area contributed by atoms with Gasteiger partial charge in [-0.2, -0.15) is 11.8 Å². The lowest BCUT2D eigenvalue weighted by molar-refractivity contribution is 0.285. The summed E-state index contributed by atoms with van der Waals surface area (Å²) in [6, 6.07) is 5.04. The van der Waals surface area contributed by atoms with Gasteiger partial charge in [-0.25, -0.2) is 9.38 Å². The number of aryl methyl sites for hydroxylation is 1. The molecule has 1 aromatic heterocycles. The molecule has 1 aliphatic rings. The number of thioether (sulfide) groups is 1. The number of nitrogens with zero attached hydrogens (tertiary/aromatic N) is 4. The summed E-state index contributed by atoms with van der Waals surface area (Å²) in [5, 5.41) is 15.0. The van der Waals surface area contributed by atoms with Crippen LogP contribution in [0.2, 0.25) is 0 Å². The first-order valence-corrected chi connectivity index (χ1v) is 12.2. The second kappa shape index (κ2) is 13.2. The van der Waals surface area contributed by atoms with Crippen LogP contribution in [-0.4, -0.2) is 45.9 Å². The Morgan fingerprint density at radius 1 is 1.38 bits per heavy atom. The molecule has 0 spiro atoms. The highest BCUT2D eigenvalue weighted by atomic mass is 127. The number of aromatic nitrogens is 3. The molecular formula is C22H34FIN6OS. The molecule has 32 heavy (non-hydrogen) atoms. The van der Waals surface area contributed by atoms with Crippen molar-refractivity contribution in [2.75, 3.05) is 25.2 Å². The van der Waals surface area contributed by atoms with Gasteiger partial charge in [-0.05, 0) is 68.7 Å². The minimum absolute atomic E-state index is 0. The van der Waals surface area contributed by atoms with Crippen LogP contribution in [0.25, 0.3) is 0 Å². The van der Waals surface area contributed by atoms with Gasteiger partial charge >= 0.3 is 0 Å². The Bertz CT molecular complexity index is 889. The van der Waals surface area contributed by atoms with E-state index in [2.05, 4.69) is 32.1 Å². The molecule has 1 aromatic carbocycles. The lowest BCUT2D eigenvalue weighted by Crippen LogP contribution is -2.39. The summed E-state index contributed by atoms with van der Waals surface area (Å²) in [5.41, 5.74) is 0.837. The van der Waals surface area contributed by atoms with Crippen molar-refractivity contribution in [1.82, 2.24) is 25.4 Å². The fourth-order valence-electron chi connectivity index (χ4n) is 3.00. The van der Waals surface area contributed by atoms with Crippen molar-refractivity contribution in [3.63, 3.8) is 0 Å². The molecule has 0 aliphatic heterocycles. The molecule has 1 saturated carbocycles. The Morgan fingerprint density at radius 2 is 2.16 bits per heavy atom. The smallest absolute Gasteiger partial charge is 0.192 e. The third-order valence-electron chi connectivity index (χ3n) is 5.36. The first kappa shape index (κ1) is 26.7. The molecule has 0 saturated heterocycles. The van der Waals surface area contributed by atoms with Crippen molar-refractivity contribution >= 4 is 41.7 Å².